The Kier molecular flexibility index (Phi) is 5.20. The molecule has 2 heteroatoms. The molecule has 22 heavy (non-hydrogen) atoms. The molecule has 0 amide bonds. The number of aromatic nitrogens is 2. The molecule has 0 bridgehead atoms. The maximum atomic E-state index is 4.53. The monoisotopic (exact) mass is 294 g/mol. The Balaban J connectivity index is 1.69. The van der Waals surface area contributed by atoms with Crippen LogP contribution in [0.15, 0.2) is 36.7 Å². The largest absolute Gasteiger partial charge is 0.236 e. The van der Waals surface area contributed by atoms with E-state index in [1.807, 2.05) is 12.4 Å². The maximum Gasteiger partial charge on any atom is 0.159 e. The Bertz CT molecular complexity index is 566. The first-order chi connectivity index (χ1) is 10.9. The van der Waals surface area contributed by atoms with Crippen molar-refractivity contribution in [3.8, 4) is 11.4 Å². The molecule has 2 aromatic rings. The van der Waals surface area contributed by atoms with Crippen LogP contribution in [0.5, 0.6) is 0 Å². The van der Waals surface area contributed by atoms with E-state index < -0.39 is 0 Å². The van der Waals surface area contributed by atoms with E-state index >= 15 is 0 Å². The molecular weight excluding hydrogens is 268 g/mol. The third-order valence-electron chi connectivity index (χ3n) is 4.77. The van der Waals surface area contributed by atoms with Crippen LogP contribution in [0.3, 0.4) is 0 Å². The summed E-state index contributed by atoms with van der Waals surface area (Å²) in [5.41, 5.74) is 3.86. The molecule has 0 radical (unpaired) electrons. The lowest BCUT2D eigenvalue weighted by Crippen LogP contribution is -2.04. The molecule has 0 saturated heterocycles. The van der Waals surface area contributed by atoms with Gasteiger partial charge >= 0.3 is 0 Å². The van der Waals surface area contributed by atoms with Crippen molar-refractivity contribution in [3.05, 3.63) is 47.8 Å². The highest BCUT2D eigenvalue weighted by Gasteiger charge is 2.15. The average molecular weight is 294 g/mol. The van der Waals surface area contributed by atoms with Crippen molar-refractivity contribution in [2.24, 2.45) is 0 Å². The highest BCUT2D eigenvalue weighted by atomic mass is 14.9. The first-order valence-corrected chi connectivity index (χ1v) is 8.78. The molecule has 1 aromatic heterocycles. The fraction of sp³-hybridized carbons (Fsp3) is 0.500. The maximum absolute atomic E-state index is 4.53. The molecular formula is C20H26N2. The molecule has 116 valence electrons. The molecule has 2 nitrogen and oxygen atoms in total. The Hall–Kier alpha value is -1.70. The van der Waals surface area contributed by atoms with Crippen LogP contribution >= 0.6 is 0 Å². The highest BCUT2D eigenvalue weighted by molar-refractivity contribution is 5.55. The molecule has 1 aliphatic rings. The van der Waals surface area contributed by atoms with Crippen molar-refractivity contribution in [3.63, 3.8) is 0 Å². The average Bonchev–Trinajstić information content (AvgIpc) is 2.61. The van der Waals surface area contributed by atoms with Crippen LogP contribution in [0.25, 0.3) is 11.4 Å². The molecule has 0 aliphatic heterocycles. The molecule has 0 atom stereocenters. The van der Waals surface area contributed by atoms with Crippen molar-refractivity contribution in [2.75, 3.05) is 0 Å². The van der Waals surface area contributed by atoms with E-state index in [1.165, 1.54) is 56.1 Å². The number of hydrogen-bond donors (Lipinski definition) is 0. The number of benzene rings is 1. The van der Waals surface area contributed by atoms with Gasteiger partial charge in [-0.15, -0.1) is 0 Å². The smallest absolute Gasteiger partial charge is 0.159 e. The number of nitrogens with zero attached hydrogens (tertiary/aromatic N) is 2. The lowest BCUT2D eigenvalue weighted by molar-refractivity contribution is 0.443. The third kappa shape index (κ3) is 3.73. The Morgan fingerprint density at radius 3 is 2.27 bits per heavy atom. The second kappa shape index (κ2) is 7.53. The van der Waals surface area contributed by atoms with Crippen LogP contribution in [0.4, 0.5) is 0 Å². The Labute approximate surface area is 134 Å². The first-order valence-electron chi connectivity index (χ1n) is 8.78. The van der Waals surface area contributed by atoms with Gasteiger partial charge in [-0.05, 0) is 42.7 Å². The van der Waals surface area contributed by atoms with E-state index in [-0.39, 0.29) is 0 Å². The second-order valence-corrected chi connectivity index (χ2v) is 6.48. The van der Waals surface area contributed by atoms with Crippen LogP contribution in [0, 0.1) is 0 Å². The zero-order valence-electron chi connectivity index (χ0n) is 13.6. The summed E-state index contributed by atoms with van der Waals surface area (Å²) >= 11 is 0. The predicted octanol–water partition coefficient (Wildman–Crippen LogP) is 5.53. The molecule has 0 unspecified atom stereocenters. The molecule has 1 aromatic carbocycles. The van der Waals surface area contributed by atoms with E-state index in [9.17, 15) is 0 Å². The van der Waals surface area contributed by atoms with E-state index in [2.05, 4.69) is 41.2 Å². The first kappa shape index (κ1) is 15.2. The predicted molar refractivity (Wildman–Crippen MR) is 91.9 cm³/mol. The van der Waals surface area contributed by atoms with Crippen molar-refractivity contribution in [2.45, 2.75) is 64.2 Å². The molecule has 1 heterocycles. The normalized spacial score (nSPS) is 15.9. The molecule has 1 fully saturated rings. The van der Waals surface area contributed by atoms with Crippen LogP contribution in [-0.4, -0.2) is 9.97 Å². The van der Waals surface area contributed by atoms with Crippen LogP contribution in [0.1, 0.15) is 68.9 Å². The zero-order valence-corrected chi connectivity index (χ0v) is 13.6. The highest BCUT2D eigenvalue weighted by Crippen LogP contribution is 2.33. The summed E-state index contributed by atoms with van der Waals surface area (Å²) in [6.45, 7) is 2.21. The van der Waals surface area contributed by atoms with E-state index in [4.69, 9.17) is 0 Å². The van der Waals surface area contributed by atoms with E-state index in [0.717, 1.165) is 23.7 Å². The van der Waals surface area contributed by atoms with Gasteiger partial charge in [0, 0.05) is 18.0 Å². The van der Waals surface area contributed by atoms with Gasteiger partial charge in [0.25, 0.3) is 0 Å². The Morgan fingerprint density at radius 2 is 1.64 bits per heavy atom. The molecule has 1 saturated carbocycles. The number of hydrogen-bond acceptors (Lipinski definition) is 2. The SMILES string of the molecule is CCCCc1cnc(-c2ccc(C3CCCCC3)cc2)nc1. The number of rotatable bonds is 5. The van der Waals surface area contributed by atoms with E-state index in [0.29, 0.717) is 0 Å². The summed E-state index contributed by atoms with van der Waals surface area (Å²) in [7, 11) is 0. The van der Waals surface area contributed by atoms with Gasteiger partial charge in [0.05, 0.1) is 0 Å². The van der Waals surface area contributed by atoms with Crippen molar-refractivity contribution in [1.82, 2.24) is 9.97 Å². The summed E-state index contributed by atoms with van der Waals surface area (Å²) in [5.74, 6) is 1.61. The quantitative estimate of drug-likeness (QED) is 0.724. The van der Waals surface area contributed by atoms with Crippen molar-refractivity contribution >= 4 is 0 Å². The van der Waals surface area contributed by atoms with Crippen LogP contribution in [0.2, 0.25) is 0 Å². The number of unbranched alkanes of at least 4 members (excludes halogenated alkanes) is 1. The number of aryl methyl sites for hydroxylation is 1. The lowest BCUT2D eigenvalue weighted by atomic mass is 9.84. The minimum atomic E-state index is 0.764. The summed E-state index contributed by atoms with van der Waals surface area (Å²) in [5, 5.41) is 0. The molecule has 1 aliphatic carbocycles. The van der Waals surface area contributed by atoms with Crippen molar-refractivity contribution in [1.29, 1.82) is 0 Å². The zero-order chi connectivity index (χ0) is 15.2. The lowest BCUT2D eigenvalue weighted by Gasteiger charge is -2.22. The van der Waals surface area contributed by atoms with Gasteiger partial charge in [-0.25, -0.2) is 9.97 Å². The van der Waals surface area contributed by atoms with Gasteiger partial charge in [0.2, 0.25) is 0 Å². The van der Waals surface area contributed by atoms with Gasteiger partial charge in [-0.3, -0.25) is 0 Å². The van der Waals surface area contributed by atoms with Gasteiger partial charge in [-0.2, -0.15) is 0 Å². The third-order valence-corrected chi connectivity index (χ3v) is 4.77. The summed E-state index contributed by atoms with van der Waals surface area (Å²) in [6, 6.07) is 8.93. The molecule has 0 spiro atoms. The standard InChI is InChI=1S/C20H26N2/c1-2-3-7-16-14-21-20(22-15-16)19-12-10-18(11-13-19)17-8-5-4-6-9-17/h10-15,17H,2-9H2,1H3. The minimum absolute atomic E-state index is 0.764. The summed E-state index contributed by atoms with van der Waals surface area (Å²) in [6.07, 6.45) is 14.3. The second-order valence-electron chi connectivity index (χ2n) is 6.48. The minimum Gasteiger partial charge on any atom is -0.236 e. The fourth-order valence-electron chi connectivity index (χ4n) is 3.35. The van der Waals surface area contributed by atoms with Crippen LogP contribution < -0.4 is 0 Å². The van der Waals surface area contributed by atoms with E-state index in [1.54, 1.807) is 0 Å². The van der Waals surface area contributed by atoms with Gasteiger partial charge in [-0.1, -0.05) is 56.9 Å². The van der Waals surface area contributed by atoms with Gasteiger partial charge in [0.1, 0.15) is 0 Å². The Morgan fingerprint density at radius 1 is 0.955 bits per heavy atom. The molecule has 3 rings (SSSR count). The topological polar surface area (TPSA) is 25.8 Å². The summed E-state index contributed by atoms with van der Waals surface area (Å²) in [4.78, 5) is 9.07. The van der Waals surface area contributed by atoms with Crippen molar-refractivity contribution < 1.29 is 0 Å². The molecule has 0 N–H and O–H groups in total. The fourth-order valence-corrected chi connectivity index (χ4v) is 3.35. The summed E-state index contributed by atoms with van der Waals surface area (Å²) < 4.78 is 0. The van der Waals surface area contributed by atoms with Gasteiger partial charge in [0.15, 0.2) is 5.82 Å². The van der Waals surface area contributed by atoms with Gasteiger partial charge < -0.3 is 0 Å². The van der Waals surface area contributed by atoms with Crippen LogP contribution in [-0.2, 0) is 6.42 Å².